The number of benzene rings is 2. The lowest BCUT2D eigenvalue weighted by molar-refractivity contribution is 0.0951. The Kier molecular flexibility index (Phi) is 4.56. The van der Waals surface area contributed by atoms with Crippen LogP contribution in [0.2, 0.25) is 5.02 Å². The standard InChI is InChI=1S/C18H14ClNOS/c19-16-7-5-13(6-8-16)18(21)20-11-14-3-1-2-4-17(14)15-9-10-22-12-15/h1-10,12H,11H2,(H,20,21). The van der Waals surface area contributed by atoms with E-state index >= 15 is 0 Å². The number of halogens is 1. The fourth-order valence-corrected chi connectivity index (χ4v) is 3.03. The zero-order chi connectivity index (χ0) is 15.4. The van der Waals surface area contributed by atoms with Crippen molar-refractivity contribution < 1.29 is 4.79 Å². The van der Waals surface area contributed by atoms with E-state index in [2.05, 4.69) is 28.2 Å². The van der Waals surface area contributed by atoms with Crippen LogP contribution in [0.5, 0.6) is 0 Å². The maximum Gasteiger partial charge on any atom is 0.251 e. The molecule has 0 atom stereocenters. The van der Waals surface area contributed by atoms with Crippen LogP contribution in [0.25, 0.3) is 11.1 Å². The summed E-state index contributed by atoms with van der Waals surface area (Å²) in [5, 5.41) is 7.75. The highest BCUT2D eigenvalue weighted by atomic mass is 35.5. The molecule has 0 aliphatic carbocycles. The van der Waals surface area contributed by atoms with Gasteiger partial charge in [0.05, 0.1) is 0 Å². The molecular weight excluding hydrogens is 314 g/mol. The van der Waals surface area contributed by atoms with Crippen molar-refractivity contribution >= 4 is 28.8 Å². The van der Waals surface area contributed by atoms with Crippen molar-refractivity contribution in [2.24, 2.45) is 0 Å². The van der Waals surface area contributed by atoms with Crippen molar-refractivity contribution in [1.82, 2.24) is 5.32 Å². The van der Waals surface area contributed by atoms with Crippen molar-refractivity contribution in [1.29, 1.82) is 0 Å². The maximum atomic E-state index is 12.2. The number of thiophene rings is 1. The molecule has 2 nitrogen and oxygen atoms in total. The highest BCUT2D eigenvalue weighted by Crippen LogP contribution is 2.25. The molecule has 1 heterocycles. The van der Waals surface area contributed by atoms with E-state index in [0.717, 1.165) is 11.1 Å². The minimum atomic E-state index is -0.100. The van der Waals surface area contributed by atoms with E-state index in [1.165, 1.54) is 5.56 Å². The first-order chi connectivity index (χ1) is 10.7. The van der Waals surface area contributed by atoms with Gasteiger partial charge in [-0.05, 0) is 57.8 Å². The van der Waals surface area contributed by atoms with Gasteiger partial charge in [0.25, 0.3) is 5.91 Å². The second-order valence-corrected chi connectivity index (χ2v) is 6.08. The lowest BCUT2D eigenvalue weighted by Crippen LogP contribution is -2.22. The van der Waals surface area contributed by atoms with Gasteiger partial charge in [-0.15, -0.1) is 0 Å². The zero-order valence-electron chi connectivity index (χ0n) is 11.8. The van der Waals surface area contributed by atoms with E-state index in [4.69, 9.17) is 11.6 Å². The molecule has 0 unspecified atom stereocenters. The summed E-state index contributed by atoms with van der Waals surface area (Å²) in [7, 11) is 0. The molecular formula is C18H14ClNOS. The van der Waals surface area contributed by atoms with Crippen LogP contribution in [0.1, 0.15) is 15.9 Å². The highest BCUT2D eigenvalue weighted by Gasteiger charge is 2.08. The molecule has 1 amide bonds. The molecule has 0 bridgehead atoms. The summed E-state index contributed by atoms with van der Waals surface area (Å²) in [5.74, 6) is -0.100. The maximum absolute atomic E-state index is 12.2. The fraction of sp³-hybridized carbons (Fsp3) is 0.0556. The van der Waals surface area contributed by atoms with Gasteiger partial charge in [-0.1, -0.05) is 35.9 Å². The molecule has 3 aromatic rings. The first-order valence-electron chi connectivity index (χ1n) is 6.88. The molecule has 0 spiro atoms. The molecule has 0 aliphatic rings. The van der Waals surface area contributed by atoms with Gasteiger partial charge in [-0.3, -0.25) is 4.79 Å². The van der Waals surface area contributed by atoms with Gasteiger partial charge in [-0.25, -0.2) is 0 Å². The molecule has 0 saturated heterocycles. The Bertz CT molecular complexity index is 766. The monoisotopic (exact) mass is 327 g/mol. The van der Waals surface area contributed by atoms with Crippen LogP contribution in [0.3, 0.4) is 0 Å². The SMILES string of the molecule is O=C(NCc1ccccc1-c1ccsc1)c1ccc(Cl)cc1. The molecule has 4 heteroatoms. The quantitative estimate of drug-likeness (QED) is 0.718. The molecule has 0 radical (unpaired) electrons. The lowest BCUT2D eigenvalue weighted by atomic mass is 10.0. The second kappa shape index (κ2) is 6.77. The first kappa shape index (κ1) is 14.8. The molecule has 3 rings (SSSR count). The van der Waals surface area contributed by atoms with Gasteiger partial charge in [-0.2, -0.15) is 11.3 Å². The average molecular weight is 328 g/mol. The van der Waals surface area contributed by atoms with E-state index in [1.807, 2.05) is 18.2 Å². The van der Waals surface area contributed by atoms with Gasteiger partial charge >= 0.3 is 0 Å². The van der Waals surface area contributed by atoms with E-state index in [9.17, 15) is 4.79 Å². The Hall–Kier alpha value is -2.10. The van der Waals surface area contributed by atoms with Crippen LogP contribution in [-0.4, -0.2) is 5.91 Å². The third kappa shape index (κ3) is 3.38. The molecule has 0 saturated carbocycles. The molecule has 2 aromatic carbocycles. The summed E-state index contributed by atoms with van der Waals surface area (Å²) < 4.78 is 0. The van der Waals surface area contributed by atoms with Crippen molar-refractivity contribution in [3.8, 4) is 11.1 Å². The zero-order valence-corrected chi connectivity index (χ0v) is 13.3. The van der Waals surface area contributed by atoms with Crippen LogP contribution in [0, 0.1) is 0 Å². The van der Waals surface area contributed by atoms with Crippen LogP contribution in [0.4, 0.5) is 0 Å². The summed E-state index contributed by atoms with van der Waals surface area (Å²) in [6.45, 7) is 0.494. The number of carbonyl (C=O) groups is 1. The Morgan fingerprint density at radius 1 is 1.05 bits per heavy atom. The van der Waals surface area contributed by atoms with E-state index in [0.29, 0.717) is 17.1 Å². The largest absolute Gasteiger partial charge is 0.348 e. The molecule has 0 fully saturated rings. The molecule has 22 heavy (non-hydrogen) atoms. The van der Waals surface area contributed by atoms with Crippen LogP contribution >= 0.6 is 22.9 Å². The summed E-state index contributed by atoms with van der Waals surface area (Å²) >= 11 is 7.50. The van der Waals surface area contributed by atoms with Gasteiger partial charge in [0.1, 0.15) is 0 Å². The minimum absolute atomic E-state index is 0.100. The van der Waals surface area contributed by atoms with Crippen LogP contribution in [-0.2, 0) is 6.54 Å². The second-order valence-electron chi connectivity index (χ2n) is 4.86. The average Bonchev–Trinajstić information content (AvgIpc) is 3.08. The number of hydrogen-bond donors (Lipinski definition) is 1. The van der Waals surface area contributed by atoms with Gasteiger partial charge in [0.2, 0.25) is 0 Å². The predicted molar refractivity (Wildman–Crippen MR) is 92.4 cm³/mol. The third-order valence-electron chi connectivity index (χ3n) is 3.40. The summed E-state index contributed by atoms with van der Waals surface area (Å²) in [5.41, 5.74) is 4.04. The van der Waals surface area contributed by atoms with Crippen LogP contribution < -0.4 is 5.32 Å². The molecule has 1 aromatic heterocycles. The number of hydrogen-bond acceptors (Lipinski definition) is 2. The van der Waals surface area contributed by atoms with Crippen molar-refractivity contribution in [2.45, 2.75) is 6.54 Å². The van der Waals surface area contributed by atoms with Crippen molar-refractivity contribution in [2.75, 3.05) is 0 Å². The Balaban J connectivity index is 1.74. The van der Waals surface area contributed by atoms with E-state index in [-0.39, 0.29) is 5.91 Å². The Labute approximate surface area is 138 Å². The number of carbonyl (C=O) groups excluding carboxylic acids is 1. The first-order valence-corrected chi connectivity index (χ1v) is 8.20. The molecule has 1 N–H and O–H groups in total. The minimum Gasteiger partial charge on any atom is -0.348 e. The summed E-state index contributed by atoms with van der Waals surface area (Å²) in [4.78, 5) is 12.2. The molecule has 110 valence electrons. The normalized spacial score (nSPS) is 10.4. The van der Waals surface area contributed by atoms with E-state index in [1.54, 1.807) is 35.6 Å². The number of nitrogens with one attached hydrogen (secondary N) is 1. The van der Waals surface area contributed by atoms with E-state index < -0.39 is 0 Å². The van der Waals surface area contributed by atoms with Crippen molar-refractivity contribution in [3.05, 3.63) is 81.5 Å². The topological polar surface area (TPSA) is 29.1 Å². The number of rotatable bonds is 4. The third-order valence-corrected chi connectivity index (χ3v) is 4.33. The summed E-state index contributed by atoms with van der Waals surface area (Å²) in [6, 6.07) is 17.1. The smallest absolute Gasteiger partial charge is 0.251 e. The number of amides is 1. The van der Waals surface area contributed by atoms with Crippen LogP contribution in [0.15, 0.2) is 65.4 Å². The Morgan fingerprint density at radius 3 is 2.55 bits per heavy atom. The van der Waals surface area contributed by atoms with Crippen molar-refractivity contribution in [3.63, 3.8) is 0 Å². The highest BCUT2D eigenvalue weighted by molar-refractivity contribution is 7.08. The summed E-state index contributed by atoms with van der Waals surface area (Å²) in [6.07, 6.45) is 0. The van der Waals surface area contributed by atoms with Gasteiger partial charge < -0.3 is 5.32 Å². The van der Waals surface area contributed by atoms with Gasteiger partial charge in [0.15, 0.2) is 0 Å². The lowest BCUT2D eigenvalue weighted by Gasteiger charge is -2.10. The fourth-order valence-electron chi connectivity index (χ4n) is 2.25. The Morgan fingerprint density at radius 2 is 1.82 bits per heavy atom. The van der Waals surface area contributed by atoms with Gasteiger partial charge in [0, 0.05) is 17.1 Å². The molecule has 0 aliphatic heterocycles. The predicted octanol–water partition coefficient (Wildman–Crippen LogP) is 5.00.